The molecule has 1 aromatic heterocycles. The molecule has 2 N–H and O–H groups in total. The maximum atomic E-state index is 12.1. The third kappa shape index (κ3) is 4.65. The van der Waals surface area contributed by atoms with Crippen LogP contribution in [0.4, 0.5) is 0 Å². The first-order chi connectivity index (χ1) is 8.95. The van der Waals surface area contributed by atoms with Crippen molar-refractivity contribution in [2.24, 2.45) is 0 Å². The van der Waals surface area contributed by atoms with Crippen molar-refractivity contribution in [3.05, 3.63) is 22.4 Å². The van der Waals surface area contributed by atoms with Crippen LogP contribution >= 0.6 is 11.3 Å². The van der Waals surface area contributed by atoms with Gasteiger partial charge in [-0.05, 0) is 18.4 Å². The standard InChI is InChI=1S/C13H20N2O3S/c1-9(8-16)15(3)13(18)7-11(14-10(2)17)12-5-4-6-19-12/h4-6,9,11,16H,7-8H2,1-3H3,(H,14,17). The third-order valence-corrected chi connectivity index (χ3v) is 3.95. The first kappa shape index (κ1) is 15.7. The van der Waals surface area contributed by atoms with Gasteiger partial charge in [-0.1, -0.05) is 6.07 Å². The Hall–Kier alpha value is -1.40. The predicted octanol–water partition coefficient (Wildman–Crippen LogP) is 1.15. The average Bonchev–Trinajstić information content (AvgIpc) is 2.89. The van der Waals surface area contributed by atoms with E-state index in [0.29, 0.717) is 0 Å². The number of nitrogens with one attached hydrogen (secondary N) is 1. The van der Waals surface area contributed by atoms with Gasteiger partial charge in [0.25, 0.3) is 0 Å². The Morgan fingerprint density at radius 3 is 2.68 bits per heavy atom. The van der Waals surface area contributed by atoms with E-state index < -0.39 is 0 Å². The second-order valence-corrected chi connectivity index (χ2v) is 5.49. The summed E-state index contributed by atoms with van der Waals surface area (Å²) in [5, 5.41) is 13.8. The molecule has 0 saturated heterocycles. The minimum atomic E-state index is -0.307. The number of aliphatic hydroxyl groups excluding tert-OH is 1. The Morgan fingerprint density at radius 1 is 1.53 bits per heavy atom. The van der Waals surface area contributed by atoms with E-state index in [1.54, 1.807) is 14.0 Å². The van der Waals surface area contributed by atoms with Gasteiger partial charge < -0.3 is 15.3 Å². The minimum Gasteiger partial charge on any atom is -0.394 e. The number of carbonyl (C=O) groups is 2. The van der Waals surface area contributed by atoms with E-state index in [2.05, 4.69) is 5.32 Å². The molecular formula is C13H20N2O3S. The van der Waals surface area contributed by atoms with Crippen molar-refractivity contribution in [3.8, 4) is 0 Å². The van der Waals surface area contributed by atoms with Crippen LogP contribution in [0.5, 0.6) is 0 Å². The van der Waals surface area contributed by atoms with Crippen LogP contribution in [0.25, 0.3) is 0 Å². The zero-order valence-corrected chi connectivity index (χ0v) is 12.2. The summed E-state index contributed by atoms with van der Waals surface area (Å²) in [5.74, 6) is -0.266. The predicted molar refractivity (Wildman–Crippen MR) is 74.8 cm³/mol. The maximum Gasteiger partial charge on any atom is 0.225 e. The highest BCUT2D eigenvalue weighted by Crippen LogP contribution is 2.23. The molecule has 19 heavy (non-hydrogen) atoms. The summed E-state index contributed by atoms with van der Waals surface area (Å²) in [6.45, 7) is 3.13. The number of nitrogens with zero attached hydrogens (tertiary/aromatic N) is 1. The second-order valence-electron chi connectivity index (χ2n) is 4.51. The molecule has 0 aliphatic carbocycles. The number of amides is 2. The number of hydrogen-bond acceptors (Lipinski definition) is 4. The van der Waals surface area contributed by atoms with Crippen LogP contribution in [0.15, 0.2) is 17.5 Å². The van der Waals surface area contributed by atoms with E-state index in [9.17, 15) is 9.59 Å². The van der Waals surface area contributed by atoms with E-state index in [-0.39, 0.29) is 36.9 Å². The Balaban J connectivity index is 2.73. The highest BCUT2D eigenvalue weighted by atomic mass is 32.1. The van der Waals surface area contributed by atoms with Crippen LogP contribution in [0, 0.1) is 0 Å². The van der Waals surface area contributed by atoms with E-state index in [0.717, 1.165) is 4.88 Å². The molecule has 6 heteroatoms. The van der Waals surface area contributed by atoms with Gasteiger partial charge in [-0.2, -0.15) is 0 Å². The van der Waals surface area contributed by atoms with Crippen LogP contribution in [0.3, 0.4) is 0 Å². The lowest BCUT2D eigenvalue weighted by Crippen LogP contribution is -2.39. The monoisotopic (exact) mass is 284 g/mol. The van der Waals surface area contributed by atoms with E-state index in [1.165, 1.54) is 23.2 Å². The zero-order valence-electron chi connectivity index (χ0n) is 11.4. The molecular weight excluding hydrogens is 264 g/mol. The lowest BCUT2D eigenvalue weighted by Gasteiger charge is -2.25. The summed E-state index contributed by atoms with van der Waals surface area (Å²) in [5.41, 5.74) is 0. The summed E-state index contributed by atoms with van der Waals surface area (Å²) in [6, 6.07) is 3.25. The highest BCUT2D eigenvalue weighted by molar-refractivity contribution is 7.10. The Kier molecular flexibility index (Phi) is 5.98. The molecule has 5 nitrogen and oxygen atoms in total. The lowest BCUT2D eigenvalue weighted by atomic mass is 10.1. The molecule has 0 aliphatic heterocycles. The molecule has 0 bridgehead atoms. The summed E-state index contributed by atoms with van der Waals surface area (Å²) in [7, 11) is 1.66. The van der Waals surface area contributed by atoms with E-state index in [4.69, 9.17) is 5.11 Å². The molecule has 1 aromatic rings. The molecule has 1 heterocycles. The fraction of sp³-hybridized carbons (Fsp3) is 0.538. The minimum absolute atomic E-state index is 0.0773. The smallest absolute Gasteiger partial charge is 0.225 e. The van der Waals surface area contributed by atoms with Crippen LogP contribution in [0.1, 0.15) is 31.2 Å². The van der Waals surface area contributed by atoms with Crippen LogP contribution in [-0.2, 0) is 9.59 Å². The molecule has 0 aliphatic rings. The number of carbonyl (C=O) groups excluding carboxylic acids is 2. The van der Waals surface area contributed by atoms with Crippen LogP contribution < -0.4 is 5.32 Å². The Bertz CT molecular complexity index is 420. The summed E-state index contributed by atoms with van der Waals surface area (Å²) >= 11 is 1.51. The quantitative estimate of drug-likeness (QED) is 0.823. The molecule has 1 rings (SSSR count). The topological polar surface area (TPSA) is 69.6 Å². The van der Waals surface area contributed by atoms with Crippen molar-refractivity contribution in [1.29, 1.82) is 0 Å². The first-order valence-corrected chi connectivity index (χ1v) is 7.00. The number of hydrogen-bond donors (Lipinski definition) is 2. The molecule has 0 saturated carbocycles. The zero-order chi connectivity index (χ0) is 14.4. The van der Waals surface area contributed by atoms with Crippen molar-refractivity contribution in [2.45, 2.75) is 32.4 Å². The second kappa shape index (κ2) is 7.25. The first-order valence-electron chi connectivity index (χ1n) is 6.12. The third-order valence-electron chi connectivity index (χ3n) is 2.96. The molecule has 106 valence electrons. The van der Waals surface area contributed by atoms with Gasteiger partial charge in [0.15, 0.2) is 0 Å². The highest BCUT2D eigenvalue weighted by Gasteiger charge is 2.22. The Labute approximate surface area is 117 Å². The summed E-state index contributed by atoms with van der Waals surface area (Å²) in [4.78, 5) is 25.8. The van der Waals surface area contributed by atoms with Crippen LogP contribution in [0.2, 0.25) is 0 Å². The van der Waals surface area contributed by atoms with Gasteiger partial charge >= 0.3 is 0 Å². The van der Waals surface area contributed by atoms with Gasteiger partial charge in [0.05, 0.1) is 25.1 Å². The summed E-state index contributed by atoms with van der Waals surface area (Å²) in [6.07, 6.45) is 0.195. The van der Waals surface area contributed by atoms with E-state index >= 15 is 0 Å². The number of rotatable bonds is 6. The molecule has 0 radical (unpaired) electrons. The van der Waals surface area contributed by atoms with Gasteiger partial charge in [0.1, 0.15) is 0 Å². The van der Waals surface area contributed by atoms with Crippen LogP contribution in [-0.4, -0.2) is 41.5 Å². The average molecular weight is 284 g/mol. The van der Waals surface area contributed by atoms with Gasteiger partial charge in [-0.25, -0.2) is 0 Å². The number of thiophene rings is 1. The van der Waals surface area contributed by atoms with Gasteiger partial charge in [-0.3, -0.25) is 9.59 Å². The Morgan fingerprint density at radius 2 is 2.21 bits per heavy atom. The van der Waals surface area contributed by atoms with E-state index in [1.807, 2.05) is 17.5 Å². The molecule has 0 aromatic carbocycles. The maximum absolute atomic E-state index is 12.1. The van der Waals surface area contributed by atoms with Gasteiger partial charge in [0, 0.05) is 18.8 Å². The molecule has 2 unspecified atom stereocenters. The van der Waals surface area contributed by atoms with Crippen molar-refractivity contribution in [2.75, 3.05) is 13.7 Å². The molecule has 0 spiro atoms. The van der Waals surface area contributed by atoms with Crippen molar-refractivity contribution < 1.29 is 14.7 Å². The molecule has 2 atom stereocenters. The molecule has 0 fully saturated rings. The SMILES string of the molecule is CC(=O)NC(CC(=O)N(C)C(C)CO)c1cccs1. The fourth-order valence-corrected chi connectivity index (χ4v) is 2.42. The largest absolute Gasteiger partial charge is 0.394 e. The van der Waals surface area contributed by atoms with Gasteiger partial charge in [-0.15, -0.1) is 11.3 Å². The number of likely N-dealkylation sites (N-methyl/N-ethyl adjacent to an activating group) is 1. The normalized spacial score (nSPS) is 13.7. The van der Waals surface area contributed by atoms with Gasteiger partial charge in [0.2, 0.25) is 11.8 Å². The summed E-state index contributed by atoms with van der Waals surface area (Å²) < 4.78 is 0. The van der Waals surface area contributed by atoms with Crippen molar-refractivity contribution in [1.82, 2.24) is 10.2 Å². The van der Waals surface area contributed by atoms with Crippen molar-refractivity contribution in [3.63, 3.8) is 0 Å². The van der Waals surface area contributed by atoms with Crippen molar-refractivity contribution >= 4 is 23.2 Å². The fourth-order valence-electron chi connectivity index (χ4n) is 1.64. The lowest BCUT2D eigenvalue weighted by molar-refractivity contribution is -0.133. The molecule has 2 amide bonds. The number of aliphatic hydroxyl groups is 1.